The third kappa shape index (κ3) is 4.46. The summed E-state index contributed by atoms with van der Waals surface area (Å²) in [6.07, 6.45) is 0. The van der Waals surface area contributed by atoms with Crippen LogP contribution in [0.2, 0.25) is 0 Å². The van der Waals surface area contributed by atoms with Crippen molar-refractivity contribution in [1.29, 1.82) is 0 Å². The summed E-state index contributed by atoms with van der Waals surface area (Å²) in [6, 6.07) is 51.4. The Morgan fingerprint density at radius 3 is 1.30 bits per heavy atom. The minimum atomic E-state index is 0.602. The molecule has 0 aliphatic rings. The van der Waals surface area contributed by atoms with E-state index in [4.69, 9.17) is 19.4 Å². The smallest absolute Gasteiger partial charge is 0.164 e. The number of rotatable bonds is 5. The van der Waals surface area contributed by atoms with Crippen molar-refractivity contribution in [3.63, 3.8) is 0 Å². The van der Waals surface area contributed by atoms with Gasteiger partial charge in [0, 0.05) is 38.6 Å². The summed E-state index contributed by atoms with van der Waals surface area (Å²) in [6.45, 7) is 0. The first kappa shape index (κ1) is 24.9. The molecule has 2 aromatic heterocycles. The fourth-order valence-corrected chi connectivity index (χ4v) is 5.71. The van der Waals surface area contributed by atoms with Gasteiger partial charge in [-0.15, -0.1) is 0 Å². The van der Waals surface area contributed by atoms with Crippen molar-refractivity contribution < 1.29 is 4.42 Å². The molecule has 0 atom stereocenters. The Hall–Kier alpha value is -5.87. The van der Waals surface area contributed by atoms with E-state index in [2.05, 4.69) is 78.9 Å². The van der Waals surface area contributed by atoms with Crippen LogP contribution in [0.5, 0.6) is 0 Å². The summed E-state index contributed by atoms with van der Waals surface area (Å²) in [5, 5.41) is 2.01. The molecule has 2 heterocycles. The lowest BCUT2D eigenvalue weighted by atomic mass is 9.96. The number of fused-ring (bicyclic) bond motifs is 3. The normalized spacial score (nSPS) is 11.3. The van der Waals surface area contributed by atoms with Crippen LogP contribution in [0.15, 0.2) is 156 Å². The highest BCUT2D eigenvalue weighted by molar-refractivity contribution is 6.18. The second kappa shape index (κ2) is 10.5. The van der Waals surface area contributed by atoms with Crippen LogP contribution in [0.4, 0.5) is 0 Å². The molecule has 0 saturated carbocycles. The average Bonchev–Trinajstić information content (AvgIpc) is 3.49. The number of benzene rings is 6. The van der Waals surface area contributed by atoms with Crippen LogP contribution in [0.25, 0.3) is 78.4 Å². The summed E-state index contributed by atoms with van der Waals surface area (Å²) in [7, 11) is 0. The molecule has 202 valence electrons. The van der Waals surface area contributed by atoms with Crippen molar-refractivity contribution >= 4 is 21.9 Å². The topological polar surface area (TPSA) is 51.8 Å². The molecule has 0 aliphatic carbocycles. The standard InChI is InChI=1S/C39H25N3O/c1-5-14-26(15-6-1)30-22-13-23-32-34-33(25-24-31(36(34)43-35(30)32)27-16-7-2-8-17-27)39-41-37(28-18-9-3-10-19-28)40-38(42-39)29-20-11-4-12-21-29/h1-25H. The molecular weight excluding hydrogens is 526 g/mol. The lowest BCUT2D eigenvalue weighted by Crippen LogP contribution is -2.00. The van der Waals surface area contributed by atoms with Gasteiger partial charge in [0.1, 0.15) is 11.2 Å². The molecule has 0 unspecified atom stereocenters. The Morgan fingerprint density at radius 2 is 0.767 bits per heavy atom. The fraction of sp³-hybridized carbons (Fsp3) is 0. The molecule has 0 amide bonds. The molecule has 8 aromatic rings. The first-order chi connectivity index (χ1) is 21.3. The van der Waals surface area contributed by atoms with Crippen molar-refractivity contribution in [2.75, 3.05) is 0 Å². The lowest BCUT2D eigenvalue weighted by Gasteiger charge is -2.10. The molecule has 4 nitrogen and oxygen atoms in total. The highest BCUT2D eigenvalue weighted by Crippen LogP contribution is 2.44. The summed E-state index contributed by atoms with van der Waals surface area (Å²) in [5.41, 5.74) is 8.68. The van der Waals surface area contributed by atoms with Crippen molar-refractivity contribution in [2.45, 2.75) is 0 Å². The monoisotopic (exact) mass is 551 g/mol. The Morgan fingerprint density at radius 1 is 0.326 bits per heavy atom. The molecular formula is C39H25N3O. The number of aromatic nitrogens is 3. The van der Waals surface area contributed by atoms with E-state index < -0.39 is 0 Å². The second-order valence-corrected chi connectivity index (χ2v) is 10.4. The Balaban J connectivity index is 1.45. The number of furan rings is 1. The molecule has 4 heteroatoms. The molecule has 43 heavy (non-hydrogen) atoms. The summed E-state index contributed by atoms with van der Waals surface area (Å²) >= 11 is 0. The van der Waals surface area contributed by atoms with Crippen LogP contribution in [0.1, 0.15) is 0 Å². The first-order valence-corrected chi connectivity index (χ1v) is 14.3. The van der Waals surface area contributed by atoms with Gasteiger partial charge in [0.25, 0.3) is 0 Å². The van der Waals surface area contributed by atoms with Gasteiger partial charge in [-0.3, -0.25) is 0 Å². The van der Waals surface area contributed by atoms with Gasteiger partial charge in [0.05, 0.1) is 0 Å². The third-order valence-electron chi connectivity index (χ3n) is 7.76. The van der Waals surface area contributed by atoms with Gasteiger partial charge < -0.3 is 4.42 Å². The second-order valence-electron chi connectivity index (χ2n) is 10.4. The van der Waals surface area contributed by atoms with E-state index in [9.17, 15) is 0 Å². The highest BCUT2D eigenvalue weighted by Gasteiger charge is 2.22. The Kier molecular flexibility index (Phi) is 6.08. The number of para-hydroxylation sites is 1. The first-order valence-electron chi connectivity index (χ1n) is 14.3. The van der Waals surface area contributed by atoms with Crippen molar-refractivity contribution in [2.24, 2.45) is 0 Å². The SMILES string of the molecule is c1ccc(-c2nc(-c3ccccc3)nc(-c3ccc(-c4ccccc4)c4oc5c(-c6ccccc6)cccc5c34)n2)cc1. The van der Waals surface area contributed by atoms with E-state index in [1.165, 1.54) is 0 Å². The Bertz CT molecular complexity index is 2150. The molecule has 0 radical (unpaired) electrons. The fourth-order valence-electron chi connectivity index (χ4n) is 5.71. The van der Waals surface area contributed by atoms with Crippen LogP contribution in [-0.4, -0.2) is 15.0 Å². The zero-order chi connectivity index (χ0) is 28.6. The van der Waals surface area contributed by atoms with Crippen LogP contribution >= 0.6 is 0 Å². The molecule has 0 fully saturated rings. The molecule has 0 N–H and O–H groups in total. The van der Waals surface area contributed by atoms with Gasteiger partial charge in [-0.1, -0.05) is 140 Å². The van der Waals surface area contributed by atoms with Crippen LogP contribution in [0.3, 0.4) is 0 Å². The van der Waals surface area contributed by atoms with Crippen LogP contribution in [-0.2, 0) is 0 Å². The number of hydrogen-bond donors (Lipinski definition) is 0. The predicted molar refractivity (Wildman–Crippen MR) is 174 cm³/mol. The number of nitrogens with zero attached hydrogens (tertiary/aromatic N) is 3. The molecule has 0 spiro atoms. The average molecular weight is 552 g/mol. The summed E-state index contributed by atoms with van der Waals surface area (Å²) < 4.78 is 6.84. The van der Waals surface area contributed by atoms with Gasteiger partial charge >= 0.3 is 0 Å². The van der Waals surface area contributed by atoms with E-state index in [1.807, 2.05) is 72.8 Å². The van der Waals surface area contributed by atoms with Crippen LogP contribution < -0.4 is 0 Å². The van der Waals surface area contributed by atoms with Crippen LogP contribution in [0, 0.1) is 0 Å². The lowest BCUT2D eigenvalue weighted by molar-refractivity contribution is 0.671. The molecule has 0 bridgehead atoms. The van der Waals surface area contributed by atoms with Gasteiger partial charge in [0.15, 0.2) is 17.5 Å². The molecule has 6 aromatic carbocycles. The zero-order valence-electron chi connectivity index (χ0n) is 23.2. The van der Waals surface area contributed by atoms with E-state index in [-0.39, 0.29) is 0 Å². The summed E-state index contributed by atoms with van der Waals surface area (Å²) in [4.78, 5) is 15.0. The van der Waals surface area contributed by atoms with Gasteiger partial charge in [-0.2, -0.15) is 0 Å². The van der Waals surface area contributed by atoms with E-state index in [1.54, 1.807) is 0 Å². The van der Waals surface area contributed by atoms with Crippen molar-refractivity contribution in [3.8, 4) is 56.4 Å². The molecule has 0 aliphatic heterocycles. The number of hydrogen-bond acceptors (Lipinski definition) is 4. The third-order valence-corrected chi connectivity index (χ3v) is 7.76. The minimum absolute atomic E-state index is 0.602. The van der Waals surface area contributed by atoms with Crippen molar-refractivity contribution in [3.05, 3.63) is 152 Å². The Labute approximate surface area is 249 Å². The summed E-state index contributed by atoms with van der Waals surface area (Å²) in [5.74, 6) is 1.86. The maximum absolute atomic E-state index is 6.84. The van der Waals surface area contributed by atoms with E-state index in [0.717, 1.165) is 60.9 Å². The maximum Gasteiger partial charge on any atom is 0.164 e. The highest BCUT2D eigenvalue weighted by atomic mass is 16.3. The van der Waals surface area contributed by atoms with Gasteiger partial charge in [0.2, 0.25) is 0 Å². The zero-order valence-corrected chi connectivity index (χ0v) is 23.2. The molecule has 8 rings (SSSR count). The van der Waals surface area contributed by atoms with E-state index >= 15 is 0 Å². The maximum atomic E-state index is 6.84. The predicted octanol–water partition coefficient (Wildman–Crippen LogP) is 10.1. The van der Waals surface area contributed by atoms with Crippen molar-refractivity contribution in [1.82, 2.24) is 15.0 Å². The van der Waals surface area contributed by atoms with Gasteiger partial charge in [-0.25, -0.2) is 15.0 Å². The minimum Gasteiger partial charge on any atom is -0.455 e. The van der Waals surface area contributed by atoms with Gasteiger partial charge in [-0.05, 0) is 23.3 Å². The van der Waals surface area contributed by atoms with E-state index in [0.29, 0.717) is 17.5 Å². The largest absolute Gasteiger partial charge is 0.455 e. The molecule has 0 saturated heterocycles. The quantitative estimate of drug-likeness (QED) is 0.214.